The quantitative estimate of drug-likeness (QED) is 0.238. The van der Waals surface area contributed by atoms with E-state index in [4.69, 9.17) is 0 Å². The number of carbonyl (C=O) groups excluding carboxylic acids is 1. The fraction of sp³-hybridized carbons (Fsp3) is 0.0385. The molecular formula is C26H19F2N3O3S2. The highest BCUT2D eigenvalue weighted by atomic mass is 32.2. The number of thiophene rings is 1. The number of sulfonamides is 1. The molecule has 0 unspecified atom stereocenters. The zero-order valence-electron chi connectivity index (χ0n) is 18.8. The number of anilines is 2. The van der Waals surface area contributed by atoms with Gasteiger partial charge >= 0.3 is 0 Å². The van der Waals surface area contributed by atoms with Gasteiger partial charge in [0.15, 0.2) is 5.82 Å². The predicted octanol–water partition coefficient (Wildman–Crippen LogP) is 6.47. The molecule has 0 atom stereocenters. The van der Waals surface area contributed by atoms with Crippen LogP contribution in [-0.2, 0) is 10.0 Å². The summed E-state index contributed by atoms with van der Waals surface area (Å²) in [5.74, 6) is -1.65. The van der Waals surface area contributed by atoms with Crippen LogP contribution >= 0.6 is 11.3 Å². The molecule has 0 saturated heterocycles. The van der Waals surface area contributed by atoms with Crippen molar-refractivity contribution in [2.24, 2.45) is 0 Å². The molecule has 3 aromatic carbocycles. The van der Waals surface area contributed by atoms with E-state index in [0.29, 0.717) is 27.7 Å². The van der Waals surface area contributed by atoms with Crippen LogP contribution in [0.25, 0.3) is 32.5 Å². The van der Waals surface area contributed by atoms with Crippen molar-refractivity contribution in [3.63, 3.8) is 0 Å². The van der Waals surface area contributed by atoms with Crippen LogP contribution in [0.1, 0.15) is 10.5 Å². The first kappa shape index (κ1) is 23.7. The Morgan fingerprint density at radius 2 is 1.72 bits per heavy atom. The van der Waals surface area contributed by atoms with Crippen LogP contribution in [0, 0.1) is 11.6 Å². The highest BCUT2D eigenvalue weighted by molar-refractivity contribution is 7.92. The van der Waals surface area contributed by atoms with Gasteiger partial charge in [0.1, 0.15) is 11.5 Å². The molecule has 0 aliphatic heterocycles. The molecule has 3 N–H and O–H groups in total. The Balaban J connectivity index is 1.51. The number of carbonyl (C=O) groups is 1. The van der Waals surface area contributed by atoms with E-state index < -0.39 is 27.6 Å². The average molecular weight is 524 g/mol. The number of fused-ring (bicyclic) bond motifs is 1. The molecule has 0 radical (unpaired) electrons. The van der Waals surface area contributed by atoms with Gasteiger partial charge in [-0.1, -0.05) is 24.3 Å². The first-order valence-corrected chi connectivity index (χ1v) is 13.5. The number of hydrogen-bond donors (Lipinski definition) is 3. The molecule has 0 saturated carbocycles. The lowest BCUT2D eigenvalue weighted by atomic mass is 10.00. The van der Waals surface area contributed by atoms with E-state index >= 15 is 4.39 Å². The lowest BCUT2D eigenvalue weighted by molar-refractivity contribution is 0.102. The van der Waals surface area contributed by atoms with Crippen molar-refractivity contribution >= 4 is 49.5 Å². The fourth-order valence-electron chi connectivity index (χ4n) is 3.86. The van der Waals surface area contributed by atoms with E-state index in [9.17, 15) is 17.6 Å². The van der Waals surface area contributed by atoms with Gasteiger partial charge in [-0.15, -0.1) is 11.3 Å². The maximum Gasteiger partial charge on any atom is 0.272 e. The van der Waals surface area contributed by atoms with Crippen molar-refractivity contribution < 1.29 is 22.0 Å². The van der Waals surface area contributed by atoms with Crippen LogP contribution in [0.15, 0.2) is 78.2 Å². The van der Waals surface area contributed by atoms with Crippen LogP contribution in [0.3, 0.4) is 0 Å². The number of rotatable bonds is 6. The molecule has 2 aromatic heterocycles. The van der Waals surface area contributed by atoms with E-state index in [2.05, 4.69) is 15.0 Å². The third kappa shape index (κ3) is 5.00. The summed E-state index contributed by atoms with van der Waals surface area (Å²) < 4.78 is 54.4. The monoisotopic (exact) mass is 523 g/mol. The molecule has 1 amide bonds. The van der Waals surface area contributed by atoms with Gasteiger partial charge in [-0.05, 0) is 65.0 Å². The lowest BCUT2D eigenvalue weighted by Gasteiger charge is -2.13. The van der Waals surface area contributed by atoms with Crippen molar-refractivity contribution in [3.8, 4) is 21.6 Å². The molecule has 0 aliphatic carbocycles. The van der Waals surface area contributed by atoms with Gasteiger partial charge in [0.2, 0.25) is 10.0 Å². The summed E-state index contributed by atoms with van der Waals surface area (Å²) in [6, 6.07) is 18.9. The Labute approximate surface area is 209 Å². The van der Waals surface area contributed by atoms with Crippen LogP contribution in [-0.4, -0.2) is 25.6 Å². The van der Waals surface area contributed by atoms with Crippen molar-refractivity contribution in [3.05, 3.63) is 95.5 Å². The van der Waals surface area contributed by atoms with E-state index in [1.807, 2.05) is 17.5 Å². The summed E-state index contributed by atoms with van der Waals surface area (Å²) in [4.78, 5) is 16.9. The summed E-state index contributed by atoms with van der Waals surface area (Å²) in [7, 11) is -3.46. The molecular weight excluding hydrogens is 504 g/mol. The average Bonchev–Trinajstić information content (AvgIpc) is 3.50. The maximum atomic E-state index is 15.6. The van der Waals surface area contributed by atoms with Gasteiger partial charge in [-0.3, -0.25) is 9.52 Å². The fourth-order valence-corrected chi connectivity index (χ4v) is 5.13. The molecule has 0 aliphatic rings. The molecule has 36 heavy (non-hydrogen) atoms. The minimum atomic E-state index is -3.46. The lowest BCUT2D eigenvalue weighted by Crippen LogP contribution is -2.14. The summed E-state index contributed by atoms with van der Waals surface area (Å²) in [5.41, 5.74) is 2.43. The molecule has 182 valence electrons. The largest absolute Gasteiger partial charge is 0.350 e. The Kier molecular flexibility index (Phi) is 6.07. The number of nitrogens with one attached hydrogen (secondary N) is 3. The Bertz CT molecular complexity index is 1690. The Morgan fingerprint density at radius 1 is 0.944 bits per heavy atom. The van der Waals surface area contributed by atoms with Gasteiger partial charge in [0.05, 0.1) is 17.6 Å². The third-order valence-electron chi connectivity index (χ3n) is 5.45. The number of benzene rings is 3. The van der Waals surface area contributed by atoms with Gasteiger partial charge < -0.3 is 10.3 Å². The van der Waals surface area contributed by atoms with Crippen LogP contribution in [0.5, 0.6) is 0 Å². The molecule has 2 heterocycles. The predicted molar refractivity (Wildman–Crippen MR) is 140 cm³/mol. The van der Waals surface area contributed by atoms with Crippen LogP contribution < -0.4 is 10.0 Å². The standard InChI is InChI=1S/C26H19F2N3O3S2/c1-36(33,34)31-19-9-6-16-12-23(29-21(16)14-19)26(32)30-22-13-17(24-3-2-10-35-24)11-20(25(22)28)15-4-7-18(27)8-5-15/h2-14,29,31H,1H3,(H,30,32). The van der Waals surface area contributed by atoms with E-state index in [1.54, 1.807) is 36.4 Å². The van der Waals surface area contributed by atoms with E-state index in [1.165, 1.54) is 35.6 Å². The zero-order valence-corrected chi connectivity index (χ0v) is 20.4. The smallest absolute Gasteiger partial charge is 0.272 e. The Morgan fingerprint density at radius 3 is 2.42 bits per heavy atom. The van der Waals surface area contributed by atoms with E-state index in [-0.39, 0.29) is 16.9 Å². The molecule has 5 aromatic rings. The topological polar surface area (TPSA) is 91.1 Å². The normalized spacial score (nSPS) is 11.5. The first-order chi connectivity index (χ1) is 17.2. The van der Waals surface area contributed by atoms with Gasteiger partial charge in [-0.25, -0.2) is 17.2 Å². The van der Waals surface area contributed by atoms with Crippen molar-refractivity contribution in [2.45, 2.75) is 0 Å². The van der Waals surface area contributed by atoms with E-state index in [0.717, 1.165) is 11.1 Å². The number of H-pyrrole nitrogens is 1. The zero-order chi connectivity index (χ0) is 25.4. The first-order valence-electron chi connectivity index (χ1n) is 10.7. The molecule has 6 nitrogen and oxygen atoms in total. The molecule has 0 fully saturated rings. The minimum Gasteiger partial charge on any atom is -0.350 e. The van der Waals surface area contributed by atoms with Gasteiger partial charge in [-0.2, -0.15) is 0 Å². The second kappa shape index (κ2) is 9.21. The summed E-state index contributed by atoms with van der Waals surface area (Å²) in [6.07, 6.45) is 1.05. The second-order valence-electron chi connectivity index (χ2n) is 8.18. The van der Waals surface area contributed by atoms with Gasteiger partial charge in [0.25, 0.3) is 5.91 Å². The molecule has 0 spiro atoms. The molecule has 5 rings (SSSR count). The summed E-state index contributed by atoms with van der Waals surface area (Å²) in [6.45, 7) is 0. The SMILES string of the molecule is CS(=O)(=O)Nc1ccc2cc(C(=O)Nc3cc(-c4cccs4)cc(-c4ccc(F)cc4)c3F)[nH]c2c1. The maximum absolute atomic E-state index is 15.6. The van der Waals surface area contributed by atoms with Gasteiger partial charge in [0, 0.05) is 21.3 Å². The molecule has 10 heteroatoms. The van der Waals surface area contributed by atoms with Crippen LogP contribution in [0.2, 0.25) is 0 Å². The number of aromatic amines is 1. The Hall–Kier alpha value is -4.02. The van der Waals surface area contributed by atoms with Crippen molar-refractivity contribution in [1.82, 2.24) is 4.98 Å². The number of aromatic nitrogens is 1. The number of amides is 1. The number of halogens is 2. The highest BCUT2D eigenvalue weighted by Crippen LogP contribution is 2.36. The van der Waals surface area contributed by atoms with Crippen molar-refractivity contribution in [1.29, 1.82) is 0 Å². The third-order valence-corrected chi connectivity index (χ3v) is 6.98. The second-order valence-corrected chi connectivity index (χ2v) is 10.9. The van der Waals surface area contributed by atoms with Crippen molar-refractivity contribution in [2.75, 3.05) is 16.3 Å². The van der Waals surface area contributed by atoms with Crippen LogP contribution in [0.4, 0.5) is 20.2 Å². The molecule has 0 bridgehead atoms. The minimum absolute atomic E-state index is 0.0247. The summed E-state index contributed by atoms with van der Waals surface area (Å²) in [5, 5.41) is 5.21. The highest BCUT2D eigenvalue weighted by Gasteiger charge is 2.18. The summed E-state index contributed by atoms with van der Waals surface area (Å²) >= 11 is 1.47. The number of hydrogen-bond acceptors (Lipinski definition) is 4.